The molecule has 0 bridgehead atoms. The second-order valence-corrected chi connectivity index (χ2v) is 5.39. The number of nitrogens with one attached hydrogen (secondary N) is 1. The van der Waals surface area contributed by atoms with Crippen LogP contribution in [0.1, 0.15) is 54.6 Å². The van der Waals surface area contributed by atoms with E-state index in [4.69, 9.17) is 0 Å². The molecule has 4 nitrogen and oxygen atoms in total. The highest BCUT2D eigenvalue weighted by Gasteiger charge is 2.36. The van der Waals surface area contributed by atoms with Crippen LogP contribution in [0.3, 0.4) is 0 Å². The van der Waals surface area contributed by atoms with Crippen LogP contribution >= 0.6 is 0 Å². The molecule has 20 heavy (non-hydrogen) atoms. The molecule has 4 heteroatoms. The van der Waals surface area contributed by atoms with Gasteiger partial charge in [-0.3, -0.25) is 4.79 Å². The summed E-state index contributed by atoms with van der Waals surface area (Å²) in [5.74, 6) is -1.28. The van der Waals surface area contributed by atoms with Crippen LogP contribution in [-0.4, -0.2) is 22.5 Å². The van der Waals surface area contributed by atoms with Gasteiger partial charge in [-0.1, -0.05) is 19.9 Å². The summed E-state index contributed by atoms with van der Waals surface area (Å²) in [6, 6.07) is 5.67. The van der Waals surface area contributed by atoms with Gasteiger partial charge in [0.05, 0.1) is 0 Å². The van der Waals surface area contributed by atoms with E-state index in [1.54, 1.807) is 19.9 Å². The van der Waals surface area contributed by atoms with Crippen molar-refractivity contribution in [1.82, 2.24) is 5.32 Å². The van der Waals surface area contributed by atoms with Gasteiger partial charge in [0.25, 0.3) is 5.91 Å². The van der Waals surface area contributed by atoms with Gasteiger partial charge < -0.3 is 10.4 Å². The topological polar surface area (TPSA) is 66.4 Å². The highest BCUT2D eigenvalue weighted by molar-refractivity contribution is 5.98. The number of hydrogen-bond acceptors (Lipinski definition) is 2. The third-order valence-electron chi connectivity index (χ3n) is 4.33. The van der Waals surface area contributed by atoms with Crippen LogP contribution in [0.4, 0.5) is 0 Å². The minimum absolute atomic E-state index is 0.300. The Bertz CT molecular complexity index is 533. The first kappa shape index (κ1) is 14.6. The van der Waals surface area contributed by atoms with Crippen molar-refractivity contribution in [2.24, 2.45) is 0 Å². The highest BCUT2D eigenvalue weighted by Crippen LogP contribution is 2.23. The Morgan fingerprint density at radius 2 is 1.85 bits per heavy atom. The fraction of sp³-hybridized carbons (Fsp3) is 0.500. The maximum absolute atomic E-state index is 12.3. The van der Waals surface area contributed by atoms with E-state index >= 15 is 0 Å². The Kier molecular flexibility index (Phi) is 4.12. The second-order valence-electron chi connectivity index (χ2n) is 5.39. The van der Waals surface area contributed by atoms with Crippen LogP contribution in [-0.2, 0) is 17.6 Å². The average Bonchev–Trinajstić information content (AvgIpc) is 2.91. The molecule has 0 radical (unpaired) electrons. The number of benzene rings is 1. The second kappa shape index (κ2) is 5.65. The lowest BCUT2D eigenvalue weighted by Crippen LogP contribution is -2.53. The zero-order chi connectivity index (χ0) is 14.8. The van der Waals surface area contributed by atoms with Gasteiger partial charge in [0, 0.05) is 5.56 Å². The van der Waals surface area contributed by atoms with Crippen LogP contribution in [0.5, 0.6) is 0 Å². The average molecular weight is 275 g/mol. The molecule has 0 aliphatic heterocycles. The summed E-state index contributed by atoms with van der Waals surface area (Å²) < 4.78 is 0. The van der Waals surface area contributed by atoms with Gasteiger partial charge in [-0.15, -0.1) is 0 Å². The molecule has 1 aliphatic carbocycles. The van der Waals surface area contributed by atoms with E-state index in [2.05, 4.69) is 5.32 Å². The molecule has 0 atom stereocenters. The Morgan fingerprint density at radius 1 is 1.20 bits per heavy atom. The SMILES string of the molecule is CCC(CC)(NC(=O)c1ccc2c(c1)CCC2)C(=O)O. The largest absolute Gasteiger partial charge is 0.480 e. The predicted molar refractivity (Wildman–Crippen MR) is 76.9 cm³/mol. The molecule has 0 saturated heterocycles. The van der Waals surface area contributed by atoms with Crippen LogP contribution < -0.4 is 5.32 Å². The molecule has 1 aliphatic rings. The van der Waals surface area contributed by atoms with Crippen LogP contribution in [0.15, 0.2) is 18.2 Å². The van der Waals surface area contributed by atoms with Crippen molar-refractivity contribution < 1.29 is 14.7 Å². The summed E-state index contributed by atoms with van der Waals surface area (Å²) in [7, 11) is 0. The monoisotopic (exact) mass is 275 g/mol. The van der Waals surface area contributed by atoms with Gasteiger partial charge in [-0.05, 0) is 55.4 Å². The molecule has 1 aromatic carbocycles. The lowest BCUT2D eigenvalue weighted by Gasteiger charge is -2.28. The number of carboxylic acid groups (broad SMARTS) is 1. The van der Waals surface area contributed by atoms with Crippen LogP contribution in [0.25, 0.3) is 0 Å². The third-order valence-corrected chi connectivity index (χ3v) is 4.33. The van der Waals surface area contributed by atoms with Crippen molar-refractivity contribution in [3.63, 3.8) is 0 Å². The van der Waals surface area contributed by atoms with Crippen molar-refractivity contribution in [3.05, 3.63) is 34.9 Å². The molecular formula is C16H21NO3. The Hall–Kier alpha value is -1.84. The number of aryl methyl sites for hydroxylation is 2. The highest BCUT2D eigenvalue weighted by atomic mass is 16.4. The van der Waals surface area contributed by atoms with Crippen molar-refractivity contribution in [3.8, 4) is 0 Å². The zero-order valence-corrected chi connectivity index (χ0v) is 12.0. The maximum Gasteiger partial charge on any atom is 0.329 e. The first-order chi connectivity index (χ1) is 9.52. The minimum atomic E-state index is -1.17. The van der Waals surface area contributed by atoms with E-state index in [0.717, 1.165) is 19.3 Å². The van der Waals surface area contributed by atoms with E-state index < -0.39 is 11.5 Å². The molecule has 1 amide bonds. The summed E-state index contributed by atoms with van der Waals surface area (Å²) in [5.41, 5.74) is 1.90. The quantitative estimate of drug-likeness (QED) is 0.868. The van der Waals surface area contributed by atoms with Crippen molar-refractivity contribution >= 4 is 11.9 Å². The number of rotatable bonds is 5. The van der Waals surface area contributed by atoms with Crippen molar-refractivity contribution in [2.75, 3.05) is 0 Å². The molecule has 2 rings (SSSR count). The molecule has 2 N–H and O–H groups in total. The molecule has 0 fully saturated rings. The lowest BCUT2D eigenvalue weighted by atomic mass is 9.92. The minimum Gasteiger partial charge on any atom is -0.480 e. The summed E-state index contributed by atoms with van der Waals surface area (Å²) in [6.07, 6.45) is 3.94. The van der Waals surface area contributed by atoms with Gasteiger partial charge in [-0.2, -0.15) is 0 Å². The van der Waals surface area contributed by atoms with Crippen molar-refractivity contribution in [2.45, 2.75) is 51.5 Å². The Balaban J connectivity index is 2.21. The fourth-order valence-corrected chi connectivity index (χ4v) is 2.79. The molecule has 0 heterocycles. The molecule has 108 valence electrons. The standard InChI is InChI=1S/C16H21NO3/c1-3-16(4-2,15(19)20)17-14(18)13-9-8-11-6-5-7-12(11)10-13/h8-10H,3-7H2,1-2H3,(H,17,18)(H,19,20). The number of fused-ring (bicyclic) bond motifs is 1. The maximum atomic E-state index is 12.3. The van der Waals surface area contributed by atoms with Gasteiger partial charge >= 0.3 is 5.97 Å². The normalized spacial score (nSPS) is 13.9. The molecule has 0 spiro atoms. The number of carboxylic acids is 1. The van der Waals surface area contributed by atoms with Gasteiger partial charge in [0.15, 0.2) is 0 Å². The fourth-order valence-electron chi connectivity index (χ4n) is 2.79. The first-order valence-electron chi connectivity index (χ1n) is 7.20. The zero-order valence-electron chi connectivity index (χ0n) is 12.0. The number of amides is 1. The molecule has 0 aromatic heterocycles. The Labute approximate surface area is 119 Å². The van der Waals surface area contributed by atoms with Gasteiger partial charge in [0.2, 0.25) is 0 Å². The number of hydrogen-bond donors (Lipinski definition) is 2. The molecule has 0 unspecified atom stereocenters. The van der Waals surface area contributed by atoms with E-state index in [1.165, 1.54) is 11.1 Å². The number of carbonyl (C=O) groups excluding carboxylic acids is 1. The summed E-state index contributed by atoms with van der Waals surface area (Å²) in [5, 5.41) is 12.1. The van der Waals surface area contributed by atoms with E-state index in [9.17, 15) is 14.7 Å². The predicted octanol–water partition coefficient (Wildman–Crippen LogP) is 2.55. The first-order valence-corrected chi connectivity index (χ1v) is 7.20. The molecule has 0 saturated carbocycles. The molecule has 1 aromatic rings. The van der Waals surface area contributed by atoms with E-state index in [-0.39, 0.29) is 5.91 Å². The van der Waals surface area contributed by atoms with E-state index in [0.29, 0.717) is 18.4 Å². The summed E-state index contributed by atoms with van der Waals surface area (Å²) in [6.45, 7) is 3.56. The molecular weight excluding hydrogens is 254 g/mol. The van der Waals surface area contributed by atoms with Gasteiger partial charge in [0.1, 0.15) is 5.54 Å². The summed E-state index contributed by atoms with van der Waals surface area (Å²) >= 11 is 0. The van der Waals surface area contributed by atoms with Crippen LogP contribution in [0.2, 0.25) is 0 Å². The smallest absolute Gasteiger partial charge is 0.329 e. The Morgan fingerprint density at radius 3 is 2.45 bits per heavy atom. The summed E-state index contributed by atoms with van der Waals surface area (Å²) in [4.78, 5) is 23.7. The lowest BCUT2D eigenvalue weighted by molar-refractivity contribution is -0.144. The van der Waals surface area contributed by atoms with Crippen LogP contribution in [0, 0.1) is 0 Å². The number of carbonyl (C=O) groups is 2. The van der Waals surface area contributed by atoms with Gasteiger partial charge in [-0.25, -0.2) is 4.79 Å². The number of aliphatic carboxylic acids is 1. The van der Waals surface area contributed by atoms with E-state index in [1.807, 2.05) is 12.1 Å². The van der Waals surface area contributed by atoms with Crippen molar-refractivity contribution in [1.29, 1.82) is 0 Å². The third kappa shape index (κ3) is 2.55.